The molecule has 7 heteroatoms. The van der Waals surface area contributed by atoms with Crippen LogP contribution in [-0.4, -0.2) is 48.2 Å². The molecule has 1 amide bonds. The van der Waals surface area contributed by atoms with Crippen LogP contribution in [0.25, 0.3) is 0 Å². The summed E-state index contributed by atoms with van der Waals surface area (Å²) in [5, 5.41) is 3.34. The Kier molecular flexibility index (Phi) is 5.46. The van der Waals surface area contributed by atoms with Crippen molar-refractivity contribution < 1.29 is 9.53 Å². The van der Waals surface area contributed by atoms with Gasteiger partial charge < -0.3 is 20.7 Å². The number of rotatable bonds is 6. The number of primary amides is 1. The molecule has 1 fully saturated rings. The van der Waals surface area contributed by atoms with Crippen molar-refractivity contribution in [1.82, 2.24) is 15.3 Å². The first-order chi connectivity index (χ1) is 10.1. The SMILES string of the molecule is CC(C)CNCc1cnc(N2CCOCC2C(N)=O)nc1. The molecule has 3 N–H and O–H groups in total. The molecule has 0 bridgehead atoms. The zero-order valence-corrected chi connectivity index (χ0v) is 12.6. The van der Waals surface area contributed by atoms with Crippen LogP contribution in [0.4, 0.5) is 5.95 Å². The molecule has 1 aromatic heterocycles. The number of carbonyl (C=O) groups is 1. The molecule has 1 unspecified atom stereocenters. The largest absolute Gasteiger partial charge is 0.377 e. The van der Waals surface area contributed by atoms with Crippen molar-refractivity contribution in [2.45, 2.75) is 26.4 Å². The fourth-order valence-corrected chi connectivity index (χ4v) is 2.17. The lowest BCUT2D eigenvalue weighted by Crippen LogP contribution is -2.53. The highest BCUT2D eigenvalue weighted by molar-refractivity contribution is 5.83. The number of anilines is 1. The lowest BCUT2D eigenvalue weighted by molar-refractivity contribution is -0.121. The Morgan fingerprint density at radius 3 is 2.86 bits per heavy atom. The molecular formula is C14H23N5O2. The van der Waals surface area contributed by atoms with Gasteiger partial charge in [-0.3, -0.25) is 4.79 Å². The van der Waals surface area contributed by atoms with Crippen LogP contribution in [-0.2, 0) is 16.1 Å². The smallest absolute Gasteiger partial charge is 0.242 e. The molecule has 0 saturated carbocycles. The van der Waals surface area contributed by atoms with E-state index in [2.05, 4.69) is 29.1 Å². The molecule has 0 spiro atoms. The summed E-state index contributed by atoms with van der Waals surface area (Å²) in [6, 6.07) is -0.497. The standard InChI is InChI=1S/C14H23N5O2/c1-10(2)5-16-6-11-7-17-14(18-8-11)19-3-4-21-9-12(19)13(15)20/h7-8,10,12,16H,3-6,9H2,1-2H3,(H2,15,20). The van der Waals surface area contributed by atoms with Gasteiger partial charge in [-0.1, -0.05) is 13.8 Å². The van der Waals surface area contributed by atoms with Gasteiger partial charge in [0.05, 0.1) is 13.2 Å². The summed E-state index contributed by atoms with van der Waals surface area (Å²) in [5.41, 5.74) is 6.41. The first-order valence-electron chi connectivity index (χ1n) is 7.23. The van der Waals surface area contributed by atoms with Gasteiger partial charge in [0, 0.05) is 31.0 Å². The Labute approximate surface area is 124 Å². The third kappa shape index (κ3) is 4.37. The molecule has 1 aromatic rings. The van der Waals surface area contributed by atoms with Crippen LogP contribution >= 0.6 is 0 Å². The van der Waals surface area contributed by atoms with Crippen molar-refractivity contribution in [1.29, 1.82) is 0 Å². The number of nitrogens with zero attached hydrogens (tertiary/aromatic N) is 3. The summed E-state index contributed by atoms with van der Waals surface area (Å²) in [6.45, 7) is 7.42. The summed E-state index contributed by atoms with van der Waals surface area (Å²) >= 11 is 0. The van der Waals surface area contributed by atoms with Crippen molar-refractivity contribution in [3.05, 3.63) is 18.0 Å². The van der Waals surface area contributed by atoms with E-state index in [4.69, 9.17) is 10.5 Å². The number of hydrogen-bond donors (Lipinski definition) is 2. The Balaban J connectivity index is 1.98. The van der Waals surface area contributed by atoms with Gasteiger partial charge in [-0.15, -0.1) is 0 Å². The predicted octanol–water partition coefficient (Wildman–Crippen LogP) is -0.0873. The van der Waals surface area contributed by atoms with E-state index >= 15 is 0 Å². The van der Waals surface area contributed by atoms with Crippen LogP contribution in [0.5, 0.6) is 0 Å². The van der Waals surface area contributed by atoms with E-state index in [1.165, 1.54) is 0 Å². The van der Waals surface area contributed by atoms with Crippen LogP contribution in [0.1, 0.15) is 19.4 Å². The molecule has 116 valence electrons. The highest BCUT2D eigenvalue weighted by Crippen LogP contribution is 2.14. The average molecular weight is 293 g/mol. The van der Waals surface area contributed by atoms with Crippen LogP contribution in [0.15, 0.2) is 12.4 Å². The van der Waals surface area contributed by atoms with Crippen LogP contribution in [0, 0.1) is 5.92 Å². The Hall–Kier alpha value is -1.73. The zero-order valence-electron chi connectivity index (χ0n) is 12.6. The Morgan fingerprint density at radius 1 is 1.52 bits per heavy atom. The van der Waals surface area contributed by atoms with E-state index in [1.54, 1.807) is 17.3 Å². The van der Waals surface area contributed by atoms with Gasteiger partial charge in [0.25, 0.3) is 0 Å². The fraction of sp³-hybridized carbons (Fsp3) is 0.643. The maximum Gasteiger partial charge on any atom is 0.242 e. The van der Waals surface area contributed by atoms with Gasteiger partial charge in [0.1, 0.15) is 6.04 Å². The van der Waals surface area contributed by atoms with Crippen molar-refractivity contribution in [3.8, 4) is 0 Å². The van der Waals surface area contributed by atoms with Gasteiger partial charge in [-0.2, -0.15) is 0 Å². The minimum atomic E-state index is -0.497. The average Bonchev–Trinajstić information content (AvgIpc) is 2.47. The Bertz CT molecular complexity index is 463. The van der Waals surface area contributed by atoms with Crippen molar-refractivity contribution in [2.24, 2.45) is 11.7 Å². The number of carbonyl (C=O) groups excluding carboxylic acids is 1. The molecule has 1 atom stereocenters. The number of aromatic nitrogens is 2. The molecule has 0 aromatic carbocycles. The normalized spacial score (nSPS) is 19.0. The number of nitrogens with one attached hydrogen (secondary N) is 1. The molecule has 1 aliphatic heterocycles. The highest BCUT2D eigenvalue weighted by atomic mass is 16.5. The Morgan fingerprint density at radius 2 is 2.24 bits per heavy atom. The minimum absolute atomic E-state index is 0.288. The summed E-state index contributed by atoms with van der Waals surface area (Å²) < 4.78 is 5.29. The molecule has 0 radical (unpaired) electrons. The first-order valence-corrected chi connectivity index (χ1v) is 7.23. The summed E-state index contributed by atoms with van der Waals surface area (Å²) in [6.07, 6.45) is 3.56. The molecule has 2 heterocycles. The van der Waals surface area contributed by atoms with E-state index < -0.39 is 11.9 Å². The van der Waals surface area contributed by atoms with Crippen LogP contribution < -0.4 is 16.0 Å². The summed E-state index contributed by atoms with van der Waals surface area (Å²) in [5.74, 6) is 0.713. The molecule has 1 saturated heterocycles. The van der Waals surface area contributed by atoms with Crippen molar-refractivity contribution >= 4 is 11.9 Å². The van der Waals surface area contributed by atoms with E-state index in [1.807, 2.05) is 0 Å². The maximum atomic E-state index is 11.4. The van der Waals surface area contributed by atoms with E-state index in [0.717, 1.165) is 18.7 Å². The highest BCUT2D eigenvalue weighted by Gasteiger charge is 2.29. The molecule has 2 rings (SSSR count). The van der Waals surface area contributed by atoms with E-state index in [9.17, 15) is 4.79 Å². The third-order valence-electron chi connectivity index (χ3n) is 3.29. The fourth-order valence-electron chi connectivity index (χ4n) is 2.17. The van der Waals surface area contributed by atoms with Gasteiger partial charge in [0.15, 0.2) is 0 Å². The number of ether oxygens (including phenoxy) is 1. The molecule has 21 heavy (non-hydrogen) atoms. The second kappa shape index (κ2) is 7.33. The van der Waals surface area contributed by atoms with Gasteiger partial charge in [0.2, 0.25) is 11.9 Å². The van der Waals surface area contributed by atoms with E-state index in [0.29, 0.717) is 25.0 Å². The zero-order chi connectivity index (χ0) is 15.2. The summed E-state index contributed by atoms with van der Waals surface area (Å²) in [4.78, 5) is 21.9. The molecular weight excluding hydrogens is 270 g/mol. The predicted molar refractivity (Wildman–Crippen MR) is 79.7 cm³/mol. The molecule has 1 aliphatic rings. The minimum Gasteiger partial charge on any atom is -0.377 e. The van der Waals surface area contributed by atoms with E-state index in [-0.39, 0.29) is 6.61 Å². The van der Waals surface area contributed by atoms with Gasteiger partial charge in [-0.05, 0) is 12.5 Å². The number of nitrogens with two attached hydrogens (primary N) is 1. The second-order valence-electron chi connectivity index (χ2n) is 5.60. The maximum absolute atomic E-state index is 11.4. The monoisotopic (exact) mass is 293 g/mol. The lowest BCUT2D eigenvalue weighted by Gasteiger charge is -2.33. The van der Waals surface area contributed by atoms with Crippen molar-refractivity contribution in [2.75, 3.05) is 31.2 Å². The number of amides is 1. The van der Waals surface area contributed by atoms with Crippen LogP contribution in [0.3, 0.4) is 0 Å². The number of hydrogen-bond acceptors (Lipinski definition) is 6. The van der Waals surface area contributed by atoms with Crippen molar-refractivity contribution in [3.63, 3.8) is 0 Å². The van der Waals surface area contributed by atoms with Gasteiger partial charge >= 0.3 is 0 Å². The number of morpholine rings is 1. The van der Waals surface area contributed by atoms with Gasteiger partial charge in [-0.25, -0.2) is 9.97 Å². The molecule has 7 nitrogen and oxygen atoms in total. The summed E-state index contributed by atoms with van der Waals surface area (Å²) in [7, 11) is 0. The molecule has 0 aliphatic carbocycles. The van der Waals surface area contributed by atoms with Crippen LogP contribution in [0.2, 0.25) is 0 Å². The third-order valence-corrected chi connectivity index (χ3v) is 3.29. The quantitative estimate of drug-likeness (QED) is 0.761. The lowest BCUT2D eigenvalue weighted by atomic mass is 10.2. The first kappa shape index (κ1) is 15.7. The second-order valence-corrected chi connectivity index (χ2v) is 5.60. The topological polar surface area (TPSA) is 93.4 Å².